The highest BCUT2D eigenvalue weighted by atomic mass is 31.2. The van der Waals surface area contributed by atoms with E-state index < -0.39 is 64.4 Å². The molecule has 76 heavy (non-hydrogen) atoms. The van der Waals surface area contributed by atoms with Crippen molar-refractivity contribution in [3.63, 3.8) is 0 Å². The molecule has 0 aliphatic rings. The highest BCUT2D eigenvalue weighted by molar-refractivity contribution is 7.47. The zero-order chi connectivity index (χ0) is 55.5. The molecule has 2 N–H and O–H groups in total. The first kappa shape index (κ1) is 71.6. The summed E-state index contributed by atoms with van der Waals surface area (Å²) in [5, 5.41) is 9.82. The van der Waals surface area contributed by atoms with Gasteiger partial charge in [-0.3, -0.25) is 23.4 Å². The maximum absolute atomic E-state index is 12.9. The van der Waals surface area contributed by atoms with Gasteiger partial charge in [-0.25, -0.2) is 4.57 Å². The molecule has 0 aromatic rings. The summed E-state index contributed by atoms with van der Waals surface area (Å²) in [7, 11) is -4.79. The molecule has 0 aromatic carbocycles. The maximum atomic E-state index is 12.9. The smallest absolute Gasteiger partial charge is 0.462 e. The molecule has 0 aliphatic carbocycles. The Morgan fingerprint density at radius 3 is 1.12 bits per heavy atom. The Hall–Kier alpha value is -4.38. The third-order valence-electron chi connectivity index (χ3n) is 11.5. The van der Waals surface area contributed by atoms with Crippen LogP contribution in [0.1, 0.15) is 213 Å². The van der Waals surface area contributed by atoms with Gasteiger partial charge in [0.25, 0.3) is 0 Å². The summed E-state index contributed by atoms with van der Waals surface area (Å²) in [4.78, 5) is 48.5. The molecule has 0 aromatic heterocycles. The second-order valence-corrected chi connectivity index (χ2v) is 20.1. The first-order valence-corrected chi connectivity index (χ1v) is 30.6. The minimum atomic E-state index is -4.79. The zero-order valence-corrected chi connectivity index (χ0v) is 48.3. The lowest BCUT2D eigenvalue weighted by molar-refractivity contribution is -0.161. The normalized spacial score (nSPS) is 14.3. The Bertz CT molecular complexity index is 1780. The molecule has 0 aliphatic heterocycles. The molecular formula is C64H103O11P. The van der Waals surface area contributed by atoms with E-state index in [1.54, 1.807) is 0 Å². The largest absolute Gasteiger partial charge is 0.472 e. The van der Waals surface area contributed by atoms with Gasteiger partial charge in [0.2, 0.25) is 0 Å². The molecule has 0 saturated heterocycles. The molecule has 3 unspecified atom stereocenters. The van der Waals surface area contributed by atoms with Crippen LogP contribution in [0.15, 0.2) is 134 Å². The molecule has 12 heteroatoms. The third kappa shape index (κ3) is 54.4. The topological polar surface area (TPSA) is 155 Å². The van der Waals surface area contributed by atoms with Gasteiger partial charge in [0.15, 0.2) is 6.10 Å². The van der Waals surface area contributed by atoms with Crippen molar-refractivity contribution in [1.29, 1.82) is 0 Å². The van der Waals surface area contributed by atoms with Crippen LogP contribution in [0, 0.1) is 0 Å². The van der Waals surface area contributed by atoms with Gasteiger partial charge in [-0.2, -0.15) is 0 Å². The van der Waals surface area contributed by atoms with E-state index in [2.05, 4.69) is 136 Å². The van der Waals surface area contributed by atoms with Crippen molar-refractivity contribution in [3.8, 4) is 0 Å². The average molecular weight is 1080 g/mol. The Kier molecular flexibility index (Phi) is 53.5. The highest BCUT2D eigenvalue weighted by Crippen LogP contribution is 2.43. The monoisotopic (exact) mass is 1080 g/mol. The van der Waals surface area contributed by atoms with Crippen molar-refractivity contribution in [2.75, 3.05) is 26.4 Å². The fraction of sp³-hybridized carbons (Fsp3) is 0.609. The fourth-order valence-electron chi connectivity index (χ4n) is 7.19. The number of carbonyl (C=O) groups excluding carboxylic acids is 3. The summed E-state index contributed by atoms with van der Waals surface area (Å²) in [5.74, 6) is -1.63. The summed E-state index contributed by atoms with van der Waals surface area (Å²) in [6, 6.07) is 0. The summed E-state index contributed by atoms with van der Waals surface area (Å²) in [6.07, 6.45) is 71.4. The van der Waals surface area contributed by atoms with Crippen LogP contribution < -0.4 is 0 Å². The maximum Gasteiger partial charge on any atom is 0.472 e. The van der Waals surface area contributed by atoms with Gasteiger partial charge in [-0.1, -0.05) is 206 Å². The van der Waals surface area contributed by atoms with Crippen molar-refractivity contribution in [1.82, 2.24) is 0 Å². The van der Waals surface area contributed by atoms with E-state index in [-0.39, 0.29) is 19.3 Å². The molecule has 0 amide bonds. The zero-order valence-electron chi connectivity index (χ0n) is 47.4. The van der Waals surface area contributed by atoms with Gasteiger partial charge < -0.3 is 24.2 Å². The lowest BCUT2D eigenvalue weighted by Crippen LogP contribution is -2.30. The Labute approximate surface area is 461 Å². The second kappa shape index (κ2) is 56.8. The minimum Gasteiger partial charge on any atom is -0.462 e. The Balaban J connectivity index is 4.91. The molecule has 0 saturated carbocycles. The number of phosphoric ester groups is 1. The number of carbonyl (C=O) groups is 3. The van der Waals surface area contributed by atoms with Crippen LogP contribution in [-0.4, -0.2) is 66.5 Å². The SMILES string of the molecule is CC/C=C\C/C=C\C/C=C\C/C=C\C/C=C\CCCC(=O)OCC(COP(=O)(O)OCC(CO)OC(=O)CCCCCCC/C=C\CCCCCCCC)OC(=O)CCC/C=C\C/C=C\C/C=C\C/C=C\C/C=C\CC. The molecular weight excluding hydrogens is 976 g/mol. The quantitative estimate of drug-likeness (QED) is 0.0197. The number of esters is 3. The number of allylic oxidation sites excluding steroid dienone is 22. The van der Waals surface area contributed by atoms with Crippen molar-refractivity contribution in [2.24, 2.45) is 0 Å². The van der Waals surface area contributed by atoms with Crippen LogP contribution in [0.25, 0.3) is 0 Å². The number of unbranched alkanes of at least 4 members (excludes halogenated alkanes) is 13. The minimum absolute atomic E-state index is 0.0693. The second-order valence-electron chi connectivity index (χ2n) is 18.7. The number of hydrogen-bond donors (Lipinski definition) is 2. The molecule has 0 radical (unpaired) electrons. The predicted molar refractivity (Wildman–Crippen MR) is 316 cm³/mol. The summed E-state index contributed by atoms with van der Waals surface area (Å²) in [6.45, 7) is 4.26. The molecule has 0 heterocycles. The van der Waals surface area contributed by atoms with E-state index >= 15 is 0 Å². The van der Waals surface area contributed by atoms with E-state index in [9.17, 15) is 28.9 Å². The Morgan fingerprint density at radius 2 is 0.697 bits per heavy atom. The first-order valence-electron chi connectivity index (χ1n) is 29.1. The predicted octanol–water partition coefficient (Wildman–Crippen LogP) is 17.4. The van der Waals surface area contributed by atoms with Gasteiger partial charge in [0, 0.05) is 19.3 Å². The molecule has 0 fully saturated rings. The van der Waals surface area contributed by atoms with Crippen molar-refractivity contribution < 1.29 is 52.2 Å². The number of ether oxygens (including phenoxy) is 3. The lowest BCUT2D eigenvalue weighted by Gasteiger charge is -2.21. The van der Waals surface area contributed by atoms with Crippen LogP contribution in [0.3, 0.4) is 0 Å². The van der Waals surface area contributed by atoms with Crippen LogP contribution in [0.5, 0.6) is 0 Å². The number of hydrogen-bond acceptors (Lipinski definition) is 10. The van der Waals surface area contributed by atoms with Crippen molar-refractivity contribution in [3.05, 3.63) is 134 Å². The third-order valence-corrected chi connectivity index (χ3v) is 12.5. The van der Waals surface area contributed by atoms with Gasteiger partial charge in [0.05, 0.1) is 19.8 Å². The van der Waals surface area contributed by atoms with Crippen LogP contribution in [0.4, 0.5) is 0 Å². The molecule has 0 spiro atoms. The number of aliphatic hydroxyl groups excluding tert-OH is 1. The van der Waals surface area contributed by atoms with E-state index in [4.69, 9.17) is 23.3 Å². The number of rotatable bonds is 52. The summed E-state index contributed by atoms with van der Waals surface area (Å²) >= 11 is 0. The fourth-order valence-corrected chi connectivity index (χ4v) is 7.97. The first-order chi connectivity index (χ1) is 37.2. The number of aliphatic hydroxyl groups is 1. The lowest BCUT2D eigenvalue weighted by atomic mass is 10.1. The van der Waals surface area contributed by atoms with Crippen LogP contribution >= 0.6 is 7.82 Å². The van der Waals surface area contributed by atoms with Crippen molar-refractivity contribution in [2.45, 2.75) is 226 Å². The standard InChI is InChI=1S/C64H103O11P/c1-4-7-10-13-16-19-22-25-28-30-33-35-38-41-44-47-50-53-62(66)71-57-61(75-64(68)55-52-49-46-43-40-37-34-31-29-26-23-20-17-14-11-8-5-2)59-73-76(69,70)72-58-60(56-65)74-63(67)54-51-48-45-42-39-36-32-27-24-21-18-15-12-9-6-3/h7-8,10-11,16-17,19-20,25-29,32-35,37,41,43-44,46,60-61,65H,4-6,9,12-15,18,21-24,30-31,36,38-40,42,45,47-59H2,1-3H3,(H,69,70)/b10-7-,11-8-,19-16-,20-17-,28-25-,29-26-,32-27-,35-33-,37-34-,44-41-,46-43-. The van der Waals surface area contributed by atoms with Gasteiger partial charge in [-0.15, -0.1) is 0 Å². The van der Waals surface area contributed by atoms with E-state index in [0.29, 0.717) is 32.1 Å². The molecule has 11 nitrogen and oxygen atoms in total. The molecule has 430 valence electrons. The van der Waals surface area contributed by atoms with Crippen molar-refractivity contribution >= 4 is 25.7 Å². The molecule has 0 bridgehead atoms. The van der Waals surface area contributed by atoms with E-state index in [1.165, 1.54) is 38.5 Å². The summed E-state index contributed by atoms with van der Waals surface area (Å²) in [5.41, 5.74) is 0. The number of phosphoric acid groups is 1. The molecule has 3 atom stereocenters. The summed E-state index contributed by atoms with van der Waals surface area (Å²) < 4.78 is 39.4. The van der Waals surface area contributed by atoms with Crippen LogP contribution in [-0.2, 0) is 42.2 Å². The van der Waals surface area contributed by atoms with Gasteiger partial charge in [-0.05, 0) is 122 Å². The van der Waals surface area contributed by atoms with Gasteiger partial charge in [0.1, 0.15) is 12.7 Å². The molecule has 0 rings (SSSR count). The average Bonchev–Trinajstić information content (AvgIpc) is 3.41. The van der Waals surface area contributed by atoms with E-state index in [1.807, 2.05) is 18.2 Å². The van der Waals surface area contributed by atoms with Gasteiger partial charge >= 0.3 is 25.7 Å². The Morgan fingerprint density at radius 1 is 0.382 bits per heavy atom. The van der Waals surface area contributed by atoms with Crippen LogP contribution in [0.2, 0.25) is 0 Å². The highest BCUT2D eigenvalue weighted by Gasteiger charge is 2.28. The van der Waals surface area contributed by atoms with E-state index in [0.717, 1.165) is 103 Å².